The molecule has 4 rings (SSSR count). The van der Waals surface area contributed by atoms with Gasteiger partial charge >= 0.3 is 0 Å². The molecule has 0 aromatic carbocycles. The molecule has 128 valence electrons. The minimum Gasteiger partial charge on any atom is -0.336 e. The van der Waals surface area contributed by atoms with E-state index in [4.69, 9.17) is 0 Å². The molecule has 0 saturated carbocycles. The van der Waals surface area contributed by atoms with E-state index in [1.54, 1.807) is 28.4 Å². The minimum atomic E-state index is -0.494. The summed E-state index contributed by atoms with van der Waals surface area (Å²) < 4.78 is 0. The van der Waals surface area contributed by atoms with Crippen LogP contribution < -0.4 is 4.90 Å². The fraction of sp³-hybridized carbons (Fsp3) is 0.389. The van der Waals surface area contributed by atoms with Crippen molar-refractivity contribution in [1.29, 1.82) is 0 Å². The van der Waals surface area contributed by atoms with E-state index >= 15 is 0 Å². The van der Waals surface area contributed by atoms with E-state index in [2.05, 4.69) is 15.0 Å². The van der Waals surface area contributed by atoms with Gasteiger partial charge in [-0.05, 0) is 31.4 Å². The number of aromatic nitrogens is 3. The second kappa shape index (κ2) is 6.23. The van der Waals surface area contributed by atoms with Crippen molar-refractivity contribution in [2.45, 2.75) is 19.3 Å². The van der Waals surface area contributed by atoms with Crippen LogP contribution >= 0.6 is 0 Å². The van der Waals surface area contributed by atoms with E-state index in [0.717, 1.165) is 24.9 Å². The summed E-state index contributed by atoms with van der Waals surface area (Å²) in [6.07, 6.45) is 10.3. The van der Waals surface area contributed by atoms with Crippen LogP contribution in [0.15, 0.2) is 43.1 Å². The highest BCUT2D eigenvalue weighted by molar-refractivity contribution is 6.01. The van der Waals surface area contributed by atoms with E-state index in [1.807, 2.05) is 12.1 Å². The van der Waals surface area contributed by atoms with Crippen LogP contribution in [0.4, 0.5) is 5.69 Å². The molecule has 0 radical (unpaired) electrons. The Morgan fingerprint density at radius 1 is 1.08 bits per heavy atom. The molecule has 1 spiro atoms. The first-order valence-corrected chi connectivity index (χ1v) is 8.47. The highest BCUT2D eigenvalue weighted by Crippen LogP contribution is 2.41. The second-order valence-electron chi connectivity index (χ2n) is 6.62. The Balaban J connectivity index is 1.55. The average Bonchev–Trinajstić information content (AvgIpc) is 2.98. The summed E-state index contributed by atoms with van der Waals surface area (Å²) in [6.45, 7) is 1.76. The Labute approximate surface area is 145 Å². The maximum atomic E-state index is 13.1. The zero-order chi connectivity index (χ0) is 17.3. The molecule has 2 aromatic rings. The molecule has 2 aliphatic rings. The zero-order valence-electron chi connectivity index (χ0n) is 13.8. The van der Waals surface area contributed by atoms with E-state index in [0.29, 0.717) is 25.3 Å². The molecule has 7 heteroatoms. The van der Waals surface area contributed by atoms with Gasteiger partial charge in [0.05, 0.1) is 23.5 Å². The van der Waals surface area contributed by atoms with Crippen molar-refractivity contribution in [2.24, 2.45) is 5.41 Å². The van der Waals surface area contributed by atoms with Gasteiger partial charge in [0.1, 0.15) is 5.69 Å². The van der Waals surface area contributed by atoms with Gasteiger partial charge in [-0.3, -0.25) is 19.6 Å². The van der Waals surface area contributed by atoms with Crippen molar-refractivity contribution in [3.63, 3.8) is 0 Å². The molecule has 0 N–H and O–H groups in total. The number of piperidine rings is 1. The van der Waals surface area contributed by atoms with E-state index in [9.17, 15) is 9.59 Å². The number of carbonyl (C=O) groups excluding carboxylic acids is 2. The SMILES string of the molecule is O=C(c1cnccn1)N1CCCC2(CCN(c3cccnc3)C2=O)C1. The van der Waals surface area contributed by atoms with Gasteiger partial charge in [0, 0.05) is 38.2 Å². The second-order valence-corrected chi connectivity index (χ2v) is 6.62. The third-order valence-electron chi connectivity index (χ3n) is 5.12. The summed E-state index contributed by atoms with van der Waals surface area (Å²) in [5.41, 5.74) is 0.655. The van der Waals surface area contributed by atoms with Crippen LogP contribution in [0.25, 0.3) is 0 Å². The average molecular weight is 337 g/mol. The number of pyridine rings is 1. The molecule has 2 aliphatic heterocycles. The van der Waals surface area contributed by atoms with Crippen molar-refractivity contribution in [3.05, 3.63) is 48.8 Å². The quantitative estimate of drug-likeness (QED) is 0.830. The van der Waals surface area contributed by atoms with E-state index < -0.39 is 5.41 Å². The topological polar surface area (TPSA) is 79.3 Å². The molecule has 4 heterocycles. The van der Waals surface area contributed by atoms with Crippen molar-refractivity contribution in [3.8, 4) is 0 Å². The van der Waals surface area contributed by atoms with Crippen molar-refractivity contribution in [1.82, 2.24) is 19.9 Å². The first-order chi connectivity index (χ1) is 12.2. The molecule has 2 saturated heterocycles. The number of hydrogen-bond donors (Lipinski definition) is 0. The standard InChI is InChI=1S/C18H19N5O2/c24-16(15-12-20-7-8-21-15)22-9-2-4-18(13-22)5-10-23(17(18)25)14-3-1-6-19-11-14/h1,3,6-8,11-12H,2,4-5,9-10,13H2. The molecule has 2 fully saturated rings. The van der Waals surface area contributed by atoms with Crippen molar-refractivity contribution >= 4 is 17.5 Å². The van der Waals surface area contributed by atoms with Gasteiger partial charge in [-0.25, -0.2) is 4.98 Å². The molecular formula is C18H19N5O2. The molecule has 1 atom stereocenters. The van der Waals surface area contributed by atoms with Gasteiger partial charge in [-0.1, -0.05) is 0 Å². The normalized spacial score (nSPS) is 23.3. The molecular weight excluding hydrogens is 318 g/mol. The summed E-state index contributed by atoms with van der Waals surface area (Å²) in [7, 11) is 0. The number of rotatable bonds is 2. The summed E-state index contributed by atoms with van der Waals surface area (Å²) in [5, 5.41) is 0. The number of anilines is 1. The number of amides is 2. The highest BCUT2D eigenvalue weighted by Gasteiger charge is 2.50. The number of hydrogen-bond acceptors (Lipinski definition) is 5. The lowest BCUT2D eigenvalue weighted by atomic mass is 9.78. The van der Waals surface area contributed by atoms with Gasteiger partial charge in [-0.15, -0.1) is 0 Å². The molecule has 2 aromatic heterocycles. The summed E-state index contributed by atoms with van der Waals surface area (Å²) in [6, 6.07) is 3.73. The monoisotopic (exact) mass is 337 g/mol. The summed E-state index contributed by atoms with van der Waals surface area (Å²) >= 11 is 0. The molecule has 0 aliphatic carbocycles. The zero-order valence-corrected chi connectivity index (χ0v) is 13.8. The van der Waals surface area contributed by atoms with Crippen LogP contribution in [-0.4, -0.2) is 51.3 Å². The van der Waals surface area contributed by atoms with Gasteiger partial charge in [0.25, 0.3) is 5.91 Å². The molecule has 1 unspecified atom stereocenters. The minimum absolute atomic E-state index is 0.0946. The van der Waals surface area contributed by atoms with Gasteiger partial charge in [0.2, 0.25) is 5.91 Å². The molecule has 2 amide bonds. The Morgan fingerprint density at radius 2 is 1.96 bits per heavy atom. The first-order valence-electron chi connectivity index (χ1n) is 8.47. The Bertz CT molecular complexity index is 783. The number of nitrogens with zero attached hydrogens (tertiary/aromatic N) is 5. The third-order valence-corrected chi connectivity index (χ3v) is 5.12. The Morgan fingerprint density at radius 3 is 2.72 bits per heavy atom. The fourth-order valence-electron chi connectivity index (χ4n) is 3.84. The predicted molar refractivity (Wildman–Crippen MR) is 90.8 cm³/mol. The lowest BCUT2D eigenvalue weighted by Gasteiger charge is -2.38. The largest absolute Gasteiger partial charge is 0.336 e. The van der Waals surface area contributed by atoms with Gasteiger partial charge in [-0.2, -0.15) is 0 Å². The van der Waals surface area contributed by atoms with Crippen LogP contribution in [0, 0.1) is 5.41 Å². The Kier molecular flexibility index (Phi) is 3.91. The summed E-state index contributed by atoms with van der Waals surface area (Å²) in [4.78, 5) is 41.5. The maximum absolute atomic E-state index is 13.1. The van der Waals surface area contributed by atoms with Crippen LogP contribution in [0.2, 0.25) is 0 Å². The van der Waals surface area contributed by atoms with E-state index in [-0.39, 0.29) is 11.8 Å². The van der Waals surface area contributed by atoms with E-state index in [1.165, 1.54) is 12.4 Å². The molecule has 0 bridgehead atoms. The van der Waals surface area contributed by atoms with Crippen LogP contribution in [-0.2, 0) is 4.79 Å². The van der Waals surface area contributed by atoms with Crippen LogP contribution in [0.1, 0.15) is 29.8 Å². The lowest BCUT2D eigenvalue weighted by Crippen LogP contribution is -2.50. The van der Waals surface area contributed by atoms with Crippen LogP contribution in [0.3, 0.4) is 0 Å². The maximum Gasteiger partial charge on any atom is 0.274 e. The number of carbonyl (C=O) groups is 2. The lowest BCUT2D eigenvalue weighted by molar-refractivity contribution is -0.127. The molecule has 7 nitrogen and oxygen atoms in total. The number of likely N-dealkylation sites (tertiary alicyclic amines) is 1. The summed E-state index contributed by atoms with van der Waals surface area (Å²) in [5.74, 6) is -0.0584. The smallest absolute Gasteiger partial charge is 0.274 e. The van der Waals surface area contributed by atoms with Gasteiger partial charge < -0.3 is 9.80 Å². The highest BCUT2D eigenvalue weighted by atomic mass is 16.2. The van der Waals surface area contributed by atoms with Crippen LogP contribution in [0.5, 0.6) is 0 Å². The van der Waals surface area contributed by atoms with Crippen molar-refractivity contribution < 1.29 is 9.59 Å². The first kappa shape index (κ1) is 15.7. The van der Waals surface area contributed by atoms with Gasteiger partial charge in [0.15, 0.2) is 0 Å². The Hall–Kier alpha value is -2.83. The molecule has 25 heavy (non-hydrogen) atoms. The fourth-order valence-corrected chi connectivity index (χ4v) is 3.84. The third kappa shape index (κ3) is 2.75. The van der Waals surface area contributed by atoms with Crippen molar-refractivity contribution in [2.75, 3.05) is 24.5 Å². The predicted octanol–water partition coefficient (Wildman–Crippen LogP) is 1.53.